The Morgan fingerprint density at radius 2 is 1.94 bits per heavy atom. The molecule has 0 aromatic carbocycles. The van der Waals surface area contributed by atoms with Gasteiger partial charge >= 0.3 is 0 Å². The van der Waals surface area contributed by atoms with Gasteiger partial charge in [-0.2, -0.15) is 5.10 Å². The Hall–Kier alpha value is -0.870. The van der Waals surface area contributed by atoms with Gasteiger partial charge in [-0.3, -0.25) is 4.68 Å². The number of hydrogen-bond donors (Lipinski definition) is 1. The molecule has 4 nitrogen and oxygen atoms in total. The molecule has 0 aliphatic rings. The van der Waals surface area contributed by atoms with E-state index in [4.69, 9.17) is 5.73 Å². The fraction of sp³-hybridized carbons (Fsp3) is 0.786. The van der Waals surface area contributed by atoms with Gasteiger partial charge < -0.3 is 10.6 Å². The molecule has 1 heterocycles. The predicted molar refractivity (Wildman–Crippen MR) is 76.6 cm³/mol. The maximum Gasteiger partial charge on any atom is 0.0596 e. The van der Waals surface area contributed by atoms with Crippen LogP contribution in [0.4, 0.5) is 0 Å². The smallest absolute Gasteiger partial charge is 0.0596 e. The molecule has 1 aromatic heterocycles. The molecule has 1 atom stereocenters. The molecule has 1 unspecified atom stereocenters. The highest BCUT2D eigenvalue weighted by atomic mass is 15.3. The molecule has 0 spiro atoms. The fourth-order valence-corrected chi connectivity index (χ4v) is 3.01. The van der Waals surface area contributed by atoms with Gasteiger partial charge in [-0.15, -0.1) is 0 Å². The van der Waals surface area contributed by atoms with E-state index in [9.17, 15) is 0 Å². The average molecular weight is 252 g/mol. The molecule has 0 fully saturated rings. The lowest BCUT2D eigenvalue weighted by molar-refractivity contribution is 0.105. The molecule has 0 aliphatic carbocycles. The van der Waals surface area contributed by atoms with E-state index < -0.39 is 0 Å². The topological polar surface area (TPSA) is 47.1 Å². The van der Waals surface area contributed by atoms with E-state index in [1.54, 1.807) is 0 Å². The summed E-state index contributed by atoms with van der Waals surface area (Å²) in [7, 11) is 6.24. The summed E-state index contributed by atoms with van der Waals surface area (Å²) in [4.78, 5) is 2.28. The lowest BCUT2D eigenvalue weighted by atomic mass is 9.81. The fourth-order valence-electron chi connectivity index (χ4n) is 3.01. The second-order valence-corrected chi connectivity index (χ2v) is 5.42. The van der Waals surface area contributed by atoms with Gasteiger partial charge in [0.05, 0.1) is 5.69 Å². The Kier molecular flexibility index (Phi) is 4.93. The number of likely N-dealkylation sites (N-methyl/N-ethyl adjacent to an activating group) is 1. The Bertz CT molecular complexity index is 377. The Balaban J connectivity index is 2.92. The van der Waals surface area contributed by atoms with Crippen molar-refractivity contribution >= 4 is 0 Å². The molecular formula is C14H28N4. The summed E-state index contributed by atoms with van der Waals surface area (Å²) < 4.78 is 1.95. The first-order chi connectivity index (χ1) is 8.37. The van der Waals surface area contributed by atoms with E-state index in [0.29, 0.717) is 0 Å². The molecule has 104 valence electrons. The van der Waals surface area contributed by atoms with Crippen molar-refractivity contribution in [2.24, 2.45) is 12.8 Å². The van der Waals surface area contributed by atoms with Crippen molar-refractivity contribution in [3.63, 3.8) is 0 Å². The molecule has 0 saturated carbocycles. The molecule has 0 radical (unpaired) electrons. The van der Waals surface area contributed by atoms with Crippen molar-refractivity contribution in [2.45, 2.75) is 51.6 Å². The summed E-state index contributed by atoms with van der Waals surface area (Å²) in [6.07, 6.45) is 3.00. The Morgan fingerprint density at radius 3 is 2.28 bits per heavy atom. The second kappa shape index (κ2) is 5.85. The number of nitrogens with zero attached hydrogens (tertiary/aromatic N) is 3. The van der Waals surface area contributed by atoms with Crippen LogP contribution in [0.25, 0.3) is 0 Å². The van der Waals surface area contributed by atoms with Crippen LogP contribution < -0.4 is 5.73 Å². The van der Waals surface area contributed by atoms with Crippen molar-refractivity contribution in [1.29, 1.82) is 0 Å². The second-order valence-electron chi connectivity index (χ2n) is 5.42. The van der Waals surface area contributed by atoms with Crippen molar-refractivity contribution < 1.29 is 0 Å². The zero-order chi connectivity index (χ0) is 13.9. The minimum absolute atomic E-state index is 0.0676. The van der Waals surface area contributed by atoms with E-state index in [1.807, 2.05) is 18.7 Å². The van der Waals surface area contributed by atoms with Gasteiger partial charge in [-0.1, -0.05) is 13.8 Å². The molecule has 0 amide bonds. The monoisotopic (exact) mass is 252 g/mol. The van der Waals surface area contributed by atoms with Crippen molar-refractivity contribution in [3.05, 3.63) is 17.5 Å². The lowest BCUT2D eigenvalue weighted by Gasteiger charge is -2.43. The van der Waals surface area contributed by atoms with E-state index in [1.165, 1.54) is 5.69 Å². The third-order valence-electron chi connectivity index (χ3n) is 4.33. The Labute approximate surface area is 111 Å². The maximum absolute atomic E-state index is 6.50. The summed E-state index contributed by atoms with van der Waals surface area (Å²) in [6.45, 7) is 6.46. The largest absolute Gasteiger partial charge is 0.326 e. The third-order valence-corrected chi connectivity index (χ3v) is 4.33. The van der Waals surface area contributed by atoms with E-state index in [0.717, 1.165) is 25.0 Å². The lowest BCUT2D eigenvalue weighted by Crippen LogP contribution is -2.57. The van der Waals surface area contributed by atoms with Crippen molar-refractivity contribution in [3.8, 4) is 0 Å². The van der Waals surface area contributed by atoms with Gasteiger partial charge in [0.2, 0.25) is 0 Å². The summed E-state index contributed by atoms with van der Waals surface area (Å²) >= 11 is 0. The number of hydrogen-bond acceptors (Lipinski definition) is 3. The molecule has 0 bridgehead atoms. The van der Waals surface area contributed by atoms with E-state index in [2.05, 4.69) is 44.0 Å². The first-order valence-electron chi connectivity index (χ1n) is 6.79. The standard InChI is InChI=1S/C14H28N4/c1-7-14(8-2,17(4)5)13(15)10-12-9-11(3)16-18(12)6/h9,13H,7-8,10,15H2,1-6H3. The van der Waals surface area contributed by atoms with Crippen LogP contribution in [-0.2, 0) is 13.5 Å². The number of aryl methyl sites for hydroxylation is 2. The zero-order valence-electron chi connectivity index (χ0n) is 12.7. The van der Waals surface area contributed by atoms with Crippen LogP contribution in [0.5, 0.6) is 0 Å². The molecule has 4 heteroatoms. The van der Waals surface area contributed by atoms with Crippen LogP contribution in [0.15, 0.2) is 6.07 Å². The molecule has 1 aromatic rings. The van der Waals surface area contributed by atoms with Crippen LogP contribution in [-0.4, -0.2) is 40.4 Å². The van der Waals surface area contributed by atoms with E-state index >= 15 is 0 Å². The summed E-state index contributed by atoms with van der Waals surface area (Å²) in [5, 5.41) is 4.39. The Morgan fingerprint density at radius 1 is 1.39 bits per heavy atom. The molecule has 0 saturated heterocycles. The van der Waals surface area contributed by atoms with Gasteiger partial charge in [0.25, 0.3) is 0 Å². The molecule has 1 rings (SSSR count). The van der Waals surface area contributed by atoms with Crippen LogP contribution >= 0.6 is 0 Å². The number of aromatic nitrogens is 2. The molecule has 0 aliphatic heterocycles. The van der Waals surface area contributed by atoms with Gasteiger partial charge in [0, 0.05) is 30.7 Å². The van der Waals surface area contributed by atoms with Crippen LogP contribution in [0.3, 0.4) is 0 Å². The van der Waals surface area contributed by atoms with Gasteiger partial charge in [-0.25, -0.2) is 0 Å². The molecular weight excluding hydrogens is 224 g/mol. The highest BCUT2D eigenvalue weighted by molar-refractivity contribution is 5.12. The SMILES string of the molecule is CCC(CC)(C(N)Cc1cc(C)nn1C)N(C)C. The van der Waals surface area contributed by atoms with Gasteiger partial charge in [-0.05, 0) is 39.9 Å². The maximum atomic E-state index is 6.50. The van der Waals surface area contributed by atoms with Crippen LogP contribution in [0.1, 0.15) is 38.1 Å². The molecule has 18 heavy (non-hydrogen) atoms. The van der Waals surface area contributed by atoms with E-state index in [-0.39, 0.29) is 11.6 Å². The van der Waals surface area contributed by atoms with Gasteiger partial charge in [0.15, 0.2) is 0 Å². The third kappa shape index (κ3) is 2.75. The first kappa shape index (κ1) is 15.2. The van der Waals surface area contributed by atoms with Crippen molar-refractivity contribution in [2.75, 3.05) is 14.1 Å². The minimum atomic E-state index is 0.0676. The van der Waals surface area contributed by atoms with Crippen molar-refractivity contribution in [1.82, 2.24) is 14.7 Å². The minimum Gasteiger partial charge on any atom is -0.326 e. The van der Waals surface area contributed by atoms with Crippen LogP contribution in [0, 0.1) is 6.92 Å². The zero-order valence-corrected chi connectivity index (χ0v) is 12.7. The summed E-state index contributed by atoms with van der Waals surface area (Å²) in [5.41, 5.74) is 8.84. The average Bonchev–Trinajstić information content (AvgIpc) is 2.59. The van der Waals surface area contributed by atoms with Gasteiger partial charge in [0.1, 0.15) is 0 Å². The first-order valence-corrected chi connectivity index (χ1v) is 6.79. The molecule has 2 N–H and O–H groups in total. The quantitative estimate of drug-likeness (QED) is 0.838. The number of nitrogens with two attached hydrogens (primary N) is 1. The number of rotatable bonds is 6. The van der Waals surface area contributed by atoms with Crippen LogP contribution in [0.2, 0.25) is 0 Å². The predicted octanol–water partition coefficient (Wildman–Crippen LogP) is 1.72. The highest BCUT2D eigenvalue weighted by Gasteiger charge is 2.35. The summed E-state index contributed by atoms with van der Waals surface area (Å²) in [5.74, 6) is 0. The highest BCUT2D eigenvalue weighted by Crippen LogP contribution is 2.26. The normalized spacial score (nSPS) is 14.2. The summed E-state index contributed by atoms with van der Waals surface area (Å²) in [6, 6.07) is 2.25.